The van der Waals surface area contributed by atoms with Gasteiger partial charge in [-0.05, 0) is 6.07 Å². The summed E-state index contributed by atoms with van der Waals surface area (Å²) in [5, 5.41) is 21.8. The maximum Gasteiger partial charge on any atom is 0.325 e. The molecule has 0 saturated heterocycles. The maximum absolute atomic E-state index is 12.0. The normalized spacial score (nSPS) is 11.4. The van der Waals surface area contributed by atoms with Gasteiger partial charge in [-0.15, -0.1) is 0 Å². The molecule has 0 bridgehead atoms. The molecule has 0 fully saturated rings. The van der Waals surface area contributed by atoms with Crippen LogP contribution in [-0.2, 0) is 27.9 Å². The third-order valence-electron chi connectivity index (χ3n) is 2.66. The van der Waals surface area contributed by atoms with Gasteiger partial charge < -0.3 is 10.2 Å². The van der Waals surface area contributed by atoms with Crippen molar-refractivity contribution in [2.24, 2.45) is 0 Å². The molecule has 1 heterocycles. The van der Waals surface area contributed by atoms with E-state index in [0.29, 0.717) is 5.56 Å². The van der Waals surface area contributed by atoms with E-state index < -0.39 is 22.5 Å². The smallest absolute Gasteiger partial charge is 0.325 e. The van der Waals surface area contributed by atoms with Gasteiger partial charge in [0.05, 0.1) is 6.20 Å². The predicted octanol–water partition coefficient (Wildman–Crippen LogP) is 0.152. The van der Waals surface area contributed by atoms with Crippen molar-refractivity contribution in [3.8, 4) is 5.75 Å². The first kappa shape index (κ1) is 15.0. The number of aromatic hydroxyl groups is 1. The molecule has 9 heteroatoms. The SMILES string of the molecule is O=C(O)Cn1cc(S(=O)(=O)NCc2ccccc2O)cn1. The Bertz CT molecular complexity index is 754. The first-order valence-electron chi connectivity index (χ1n) is 5.89. The van der Waals surface area contributed by atoms with Crippen LogP contribution in [0.4, 0.5) is 0 Å². The fourth-order valence-corrected chi connectivity index (χ4v) is 2.58. The zero-order chi connectivity index (χ0) is 15.5. The lowest BCUT2D eigenvalue weighted by molar-refractivity contribution is -0.137. The second-order valence-electron chi connectivity index (χ2n) is 4.22. The number of aliphatic carboxylic acids is 1. The van der Waals surface area contributed by atoms with Gasteiger partial charge in [-0.1, -0.05) is 18.2 Å². The van der Waals surface area contributed by atoms with Crippen molar-refractivity contribution in [1.29, 1.82) is 0 Å². The van der Waals surface area contributed by atoms with Gasteiger partial charge in [0.25, 0.3) is 0 Å². The molecule has 0 aliphatic carbocycles. The minimum atomic E-state index is -3.83. The van der Waals surface area contributed by atoms with Crippen LogP contribution in [-0.4, -0.2) is 34.4 Å². The number of carboxylic acid groups (broad SMARTS) is 1. The van der Waals surface area contributed by atoms with Crippen molar-refractivity contribution >= 4 is 16.0 Å². The molecular formula is C12H13N3O5S. The first-order valence-corrected chi connectivity index (χ1v) is 7.37. The quantitative estimate of drug-likeness (QED) is 0.698. The Morgan fingerprint density at radius 3 is 2.71 bits per heavy atom. The highest BCUT2D eigenvalue weighted by Crippen LogP contribution is 2.16. The minimum Gasteiger partial charge on any atom is -0.508 e. The van der Waals surface area contributed by atoms with Crippen LogP contribution < -0.4 is 4.72 Å². The van der Waals surface area contributed by atoms with E-state index in [9.17, 15) is 18.3 Å². The Balaban J connectivity index is 2.10. The van der Waals surface area contributed by atoms with E-state index in [1.165, 1.54) is 6.07 Å². The average molecular weight is 311 g/mol. The number of hydrogen-bond donors (Lipinski definition) is 3. The lowest BCUT2D eigenvalue weighted by Gasteiger charge is -2.06. The number of hydrogen-bond acceptors (Lipinski definition) is 5. The summed E-state index contributed by atoms with van der Waals surface area (Å²) in [6.07, 6.45) is 2.19. The van der Waals surface area contributed by atoms with Crippen molar-refractivity contribution in [1.82, 2.24) is 14.5 Å². The van der Waals surface area contributed by atoms with Crippen LogP contribution in [0.15, 0.2) is 41.6 Å². The molecule has 0 aliphatic heterocycles. The fraction of sp³-hybridized carbons (Fsp3) is 0.167. The van der Waals surface area contributed by atoms with Gasteiger partial charge in [0.15, 0.2) is 0 Å². The summed E-state index contributed by atoms with van der Waals surface area (Å²) in [6, 6.07) is 6.34. The van der Waals surface area contributed by atoms with E-state index in [1.54, 1.807) is 18.2 Å². The summed E-state index contributed by atoms with van der Waals surface area (Å²) < 4.78 is 27.4. The molecule has 0 saturated carbocycles. The van der Waals surface area contributed by atoms with Crippen LogP contribution in [0.2, 0.25) is 0 Å². The Hall–Kier alpha value is -2.39. The number of sulfonamides is 1. The Labute approximate surface area is 120 Å². The molecule has 0 spiro atoms. The van der Waals surface area contributed by atoms with Gasteiger partial charge in [-0.25, -0.2) is 13.1 Å². The summed E-state index contributed by atoms with van der Waals surface area (Å²) in [5.74, 6) is -1.13. The third-order valence-corrected chi connectivity index (χ3v) is 4.02. The molecule has 0 radical (unpaired) electrons. The van der Waals surface area contributed by atoms with Crippen LogP contribution in [0.5, 0.6) is 5.75 Å². The summed E-state index contributed by atoms with van der Waals surface area (Å²) in [4.78, 5) is 10.4. The Morgan fingerprint density at radius 1 is 1.33 bits per heavy atom. The number of para-hydroxylation sites is 1. The Morgan fingerprint density at radius 2 is 2.05 bits per heavy atom. The number of nitrogens with zero attached hydrogens (tertiary/aromatic N) is 2. The number of rotatable bonds is 6. The van der Waals surface area contributed by atoms with Gasteiger partial charge in [-0.3, -0.25) is 9.48 Å². The summed E-state index contributed by atoms with van der Waals surface area (Å²) in [6.45, 7) is -0.506. The fourth-order valence-electron chi connectivity index (χ4n) is 1.62. The van der Waals surface area contributed by atoms with Crippen LogP contribution in [0.1, 0.15) is 5.56 Å². The van der Waals surface area contributed by atoms with E-state index in [-0.39, 0.29) is 17.2 Å². The number of phenolic OH excluding ortho intramolecular Hbond substituents is 1. The van der Waals surface area contributed by atoms with E-state index >= 15 is 0 Å². The van der Waals surface area contributed by atoms with Crippen molar-refractivity contribution in [2.45, 2.75) is 18.0 Å². The number of benzene rings is 1. The molecule has 1 aromatic heterocycles. The highest BCUT2D eigenvalue weighted by molar-refractivity contribution is 7.89. The molecule has 8 nitrogen and oxygen atoms in total. The standard InChI is InChI=1S/C12H13N3O5S/c16-11-4-2-1-3-9(11)5-14-21(19,20)10-6-13-15(7-10)8-12(17)18/h1-4,6-7,14,16H,5,8H2,(H,17,18). The van der Waals surface area contributed by atoms with Crippen molar-refractivity contribution in [3.63, 3.8) is 0 Å². The lowest BCUT2D eigenvalue weighted by Crippen LogP contribution is -2.23. The molecule has 0 amide bonds. The van der Waals surface area contributed by atoms with Crippen molar-refractivity contribution in [2.75, 3.05) is 0 Å². The number of carboxylic acids is 1. The summed E-state index contributed by atoms with van der Waals surface area (Å²) in [5.41, 5.74) is 0.430. The van der Waals surface area contributed by atoms with Gasteiger partial charge in [0.2, 0.25) is 10.0 Å². The monoisotopic (exact) mass is 311 g/mol. The van der Waals surface area contributed by atoms with Crippen molar-refractivity contribution < 1.29 is 23.4 Å². The first-order chi connectivity index (χ1) is 9.88. The molecule has 3 N–H and O–H groups in total. The van der Waals surface area contributed by atoms with Gasteiger partial charge in [0.1, 0.15) is 17.2 Å². The molecule has 0 atom stereocenters. The number of carbonyl (C=O) groups is 1. The van der Waals surface area contributed by atoms with Gasteiger partial charge in [-0.2, -0.15) is 5.10 Å². The van der Waals surface area contributed by atoms with E-state index in [4.69, 9.17) is 5.11 Å². The minimum absolute atomic E-state index is 0.0122. The zero-order valence-corrected chi connectivity index (χ0v) is 11.6. The lowest BCUT2D eigenvalue weighted by atomic mass is 10.2. The molecule has 2 aromatic rings. The molecule has 112 valence electrons. The van der Waals surface area contributed by atoms with Crippen LogP contribution in [0, 0.1) is 0 Å². The van der Waals surface area contributed by atoms with E-state index in [0.717, 1.165) is 17.1 Å². The highest BCUT2D eigenvalue weighted by atomic mass is 32.2. The second kappa shape index (κ2) is 5.94. The predicted molar refractivity (Wildman–Crippen MR) is 72.0 cm³/mol. The Kier molecular flexibility index (Phi) is 4.24. The van der Waals surface area contributed by atoms with Crippen LogP contribution in [0.3, 0.4) is 0 Å². The van der Waals surface area contributed by atoms with E-state index in [2.05, 4.69) is 9.82 Å². The number of aromatic nitrogens is 2. The van der Waals surface area contributed by atoms with Crippen LogP contribution >= 0.6 is 0 Å². The molecule has 0 aliphatic rings. The molecule has 2 rings (SSSR count). The zero-order valence-electron chi connectivity index (χ0n) is 10.8. The van der Waals surface area contributed by atoms with Gasteiger partial charge >= 0.3 is 5.97 Å². The topological polar surface area (TPSA) is 122 Å². The molecule has 21 heavy (non-hydrogen) atoms. The largest absolute Gasteiger partial charge is 0.508 e. The van der Waals surface area contributed by atoms with E-state index in [1.807, 2.05) is 0 Å². The summed E-state index contributed by atoms with van der Waals surface area (Å²) in [7, 11) is -3.83. The molecule has 1 aromatic carbocycles. The van der Waals surface area contributed by atoms with Gasteiger partial charge in [0, 0.05) is 18.3 Å². The second-order valence-corrected chi connectivity index (χ2v) is 5.99. The van der Waals surface area contributed by atoms with Crippen molar-refractivity contribution in [3.05, 3.63) is 42.2 Å². The molecular weight excluding hydrogens is 298 g/mol. The third kappa shape index (κ3) is 3.80. The summed E-state index contributed by atoms with van der Waals surface area (Å²) >= 11 is 0. The average Bonchev–Trinajstić information content (AvgIpc) is 2.86. The highest BCUT2D eigenvalue weighted by Gasteiger charge is 2.17. The number of phenols is 1. The van der Waals surface area contributed by atoms with Crippen LogP contribution in [0.25, 0.3) is 0 Å². The molecule has 0 unspecified atom stereocenters. The number of nitrogens with one attached hydrogen (secondary N) is 1. The maximum atomic E-state index is 12.0.